The van der Waals surface area contributed by atoms with E-state index >= 15 is 0 Å². The Balaban J connectivity index is 1.88. The zero-order chi connectivity index (χ0) is 13.2. The summed E-state index contributed by atoms with van der Waals surface area (Å²) in [6.07, 6.45) is 0. The fourth-order valence-electron chi connectivity index (χ4n) is 1.87. The van der Waals surface area contributed by atoms with Gasteiger partial charge >= 0.3 is 0 Å². The first-order valence-corrected chi connectivity index (χ1v) is 5.69. The van der Waals surface area contributed by atoms with Crippen LogP contribution in [0, 0.1) is 11.3 Å². The van der Waals surface area contributed by atoms with Gasteiger partial charge in [-0.3, -0.25) is 5.21 Å². The van der Waals surface area contributed by atoms with Crippen molar-refractivity contribution < 1.29 is 14.8 Å². The van der Waals surface area contributed by atoms with Crippen molar-refractivity contribution in [1.29, 1.82) is 5.26 Å². The molecule has 94 valence electrons. The van der Waals surface area contributed by atoms with Gasteiger partial charge < -0.3 is 4.74 Å². The lowest BCUT2D eigenvalue weighted by atomic mass is 10.2. The van der Waals surface area contributed by atoms with Crippen LogP contribution >= 0.6 is 0 Å². The molecule has 0 aromatic heterocycles. The minimum Gasteiger partial charge on any atom is -0.457 e. The molecule has 1 aliphatic rings. The molecule has 0 atom stereocenters. The normalized spacial score (nSPS) is 12.9. The summed E-state index contributed by atoms with van der Waals surface area (Å²) in [7, 11) is 0. The van der Waals surface area contributed by atoms with Crippen LogP contribution in [0.4, 0.5) is 5.69 Å². The van der Waals surface area contributed by atoms with Crippen molar-refractivity contribution in [2.75, 3.05) is 5.23 Å². The number of fused-ring (bicyclic) bond motifs is 1. The number of nitrogens with zero attached hydrogens (tertiary/aromatic N) is 2. The van der Waals surface area contributed by atoms with E-state index in [2.05, 4.69) is 6.07 Å². The van der Waals surface area contributed by atoms with Gasteiger partial charge in [0, 0.05) is 11.6 Å². The summed E-state index contributed by atoms with van der Waals surface area (Å²) in [6, 6.07) is 14.2. The van der Waals surface area contributed by atoms with Gasteiger partial charge in [-0.25, -0.2) is 4.84 Å². The average Bonchev–Trinajstić information content (AvgIpc) is 2.80. The minimum atomic E-state index is 0.343. The van der Waals surface area contributed by atoms with Gasteiger partial charge in [0.2, 0.25) is 0 Å². The van der Waals surface area contributed by atoms with Crippen molar-refractivity contribution in [3.05, 3.63) is 53.6 Å². The monoisotopic (exact) mass is 254 g/mol. The number of hydrogen-bond acceptors (Lipinski definition) is 5. The van der Waals surface area contributed by atoms with Gasteiger partial charge in [-0.2, -0.15) is 5.26 Å². The van der Waals surface area contributed by atoms with E-state index in [9.17, 15) is 5.21 Å². The van der Waals surface area contributed by atoms with Crippen molar-refractivity contribution in [2.45, 2.75) is 6.61 Å². The van der Waals surface area contributed by atoms with Crippen LogP contribution in [0.3, 0.4) is 0 Å². The van der Waals surface area contributed by atoms with Crippen LogP contribution in [-0.4, -0.2) is 5.21 Å². The van der Waals surface area contributed by atoms with Crippen molar-refractivity contribution in [1.82, 2.24) is 0 Å². The summed E-state index contributed by atoms with van der Waals surface area (Å²) in [4.78, 5) is 4.96. The highest BCUT2D eigenvalue weighted by Gasteiger charge is 2.19. The number of rotatable bonds is 2. The molecule has 0 radical (unpaired) electrons. The van der Waals surface area contributed by atoms with Crippen LogP contribution in [0.5, 0.6) is 11.5 Å². The molecule has 0 unspecified atom stereocenters. The highest BCUT2D eigenvalue weighted by molar-refractivity contribution is 5.56. The largest absolute Gasteiger partial charge is 0.457 e. The lowest BCUT2D eigenvalue weighted by molar-refractivity contribution is -0.0329. The van der Waals surface area contributed by atoms with E-state index in [0.717, 1.165) is 10.8 Å². The highest BCUT2D eigenvalue weighted by atomic mass is 16.9. The second kappa shape index (κ2) is 4.61. The Morgan fingerprint density at radius 3 is 2.89 bits per heavy atom. The standard InChI is InChI=1S/C14H10N2O3/c15-8-10-2-1-3-12(6-10)19-13-5-4-11-9-18-16(17)14(11)7-13/h1-7,17H,9H2. The summed E-state index contributed by atoms with van der Waals surface area (Å²) >= 11 is 0. The number of anilines is 1. The first-order valence-electron chi connectivity index (χ1n) is 5.69. The van der Waals surface area contributed by atoms with Gasteiger partial charge in [0.25, 0.3) is 0 Å². The Kier molecular flexibility index (Phi) is 2.80. The zero-order valence-electron chi connectivity index (χ0n) is 9.91. The van der Waals surface area contributed by atoms with Crippen LogP contribution in [-0.2, 0) is 11.4 Å². The van der Waals surface area contributed by atoms with E-state index in [1.165, 1.54) is 0 Å². The Labute approximate surface area is 109 Å². The Morgan fingerprint density at radius 2 is 2.05 bits per heavy atom. The smallest absolute Gasteiger partial charge is 0.129 e. The molecule has 1 N–H and O–H groups in total. The molecular formula is C14H10N2O3. The molecule has 5 heteroatoms. The molecule has 2 aromatic carbocycles. The van der Waals surface area contributed by atoms with Crippen LogP contribution in [0.25, 0.3) is 0 Å². The molecule has 0 aliphatic carbocycles. The molecule has 1 aliphatic heterocycles. The summed E-state index contributed by atoms with van der Waals surface area (Å²) in [5.74, 6) is 1.14. The fraction of sp³-hybridized carbons (Fsp3) is 0.0714. The average molecular weight is 254 g/mol. The summed E-state index contributed by atoms with van der Waals surface area (Å²) < 4.78 is 5.65. The Hall–Kier alpha value is -2.55. The SMILES string of the molecule is N#Cc1cccc(Oc2ccc3c(c2)N(O)OC3)c1. The van der Waals surface area contributed by atoms with Crippen molar-refractivity contribution in [2.24, 2.45) is 0 Å². The van der Waals surface area contributed by atoms with E-state index < -0.39 is 0 Å². The third-order valence-corrected chi connectivity index (χ3v) is 2.80. The second-order valence-electron chi connectivity index (χ2n) is 4.08. The summed E-state index contributed by atoms with van der Waals surface area (Å²) in [5.41, 5.74) is 1.99. The maximum absolute atomic E-state index is 9.47. The van der Waals surface area contributed by atoms with Gasteiger partial charge in [-0.05, 0) is 24.3 Å². The first-order chi connectivity index (χ1) is 9.26. The Morgan fingerprint density at radius 1 is 1.21 bits per heavy atom. The molecule has 0 amide bonds. The number of ether oxygens (including phenoxy) is 1. The number of hydrogen-bond donors (Lipinski definition) is 1. The van der Waals surface area contributed by atoms with Crippen molar-refractivity contribution >= 4 is 5.69 Å². The first kappa shape index (κ1) is 11.5. The molecule has 0 spiro atoms. The quantitative estimate of drug-likeness (QED) is 0.892. The van der Waals surface area contributed by atoms with Gasteiger partial charge in [0.1, 0.15) is 23.8 Å². The predicted molar refractivity (Wildman–Crippen MR) is 66.7 cm³/mol. The van der Waals surface area contributed by atoms with Crippen LogP contribution < -0.4 is 9.96 Å². The molecule has 3 rings (SSSR count). The van der Waals surface area contributed by atoms with Gasteiger partial charge in [0.15, 0.2) is 0 Å². The topological polar surface area (TPSA) is 65.7 Å². The number of benzene rings is 2. The lowest BCUT2D eigenvalue weighted by Crippen LogP contribution is -2.10. The van der Waals surface area contributed by atoms with Gasteiger partial charge in [0.05, 0.1) is 11.6 Å². The molecule has 2 aromatic rings. The molecular weight excluding hydrogens is 244 g/mol. The fourth-order valence-corrected chi connectivity index (χ4v) is 1.87. The third kappa shape index (κ3) is 2.22. The maximum atomic E-state index is 9.47. The third-order valence-electron chi connectivity index (χ3n) is 2.80. The zero-order valence-corrected chi connectivity index (χ0v) is 9.91. The van der Waals surface area contributed by atoms with Crippen molar-refractivity contribution in [3.8, 4) is 17.6 Å². The van der Waals surface area contributed by atoms with Crippen molar-refractivity contribution in [3.63, 3.8) is 0 Å². The van der Waals surface area contributed by atoms with Gasteiger partial charge in [-0.1, -0.05) is 12.1 Å². The Bertz CT molecular complexity index is 664. The van der Waals surface area contributed by atoms with E-state index in [1.54, 1.807) is 36.4 Å². The summed E-state index contributed by atoms with van der Waals surface area (Å²) in [5, 5.41) is 19.0. The molecule has 0 saturated carbocycles. The number of nitriles is 1. The molecule has 5 nitrogen and oxygen atoms in total. The van der Waals surface area contributed by atoms with E-state index in [4.69, 9.17) is 14.8 Å². The maximum Gasteiger partial charge on any atom is 0.129 e. The minimum absolute atomic E-state index is 0.343. The highest BCUT2D eigenvalue weighted by Crippen LogP contribution is 2.33. The predicted octanol–water partition coefficient (Wildman–Crippen LogP) is 2.99. The molecule has 0 fully saturated rings. The van der Waals surface area contributed by atoms with Crippen LogP contribution in [0.2, 0.25) is 0 Å². The van der Waals surface area contributed by atoms with Crippen LogP contribution in [0.15, 0.2) is 42.5 Å². The van der Waals surface area contributed by atoms with E-state index in [-0.39, 0.29) is 0 Å². The lowest BCUT2D eigenvalue weighted by Gasteiger charge is -2.10. The molecule has 1 heterocycles. The second-order valence-corrected chi connectivity index (χ2v) is 4.08. The van der Waals surface area contributed by atoms with Gasteiger partial charge in [-0.15, -0.1) is 5.23 Å². The van der Waals surface area contributed by atoms with E-state index in [0.29, 0.717) is 29.4 Å². The summed E-state index contributed by atoms with van der Waals surface area (Å²) in [6.45, 7) is 0.343. The van der Waals surface area contributed by atoms with Crippen LogP contribution in [0.1, 0.15) is 11.1 Å². The molecule has 0 saturated heterocycles. The molecule has 0 bridgehead atoms. The molecule has 19 heavy (non-hydrogen) atoms. The van der Waals surface area contributed by atoms with E-state index in [1.807, 2.05) is 6.07 Å².